The summed E-state index contributed by atoms with van der Waals surface area (Å²) in [5.74, 6) is -0.834. The van der Waals surface area contributed by atoms with E-state index in [9.17, 15) is 14.4 Å². The molecule has 8 nitrogen and oxygen atoms in total. The maximum Gasteiger partial charge on any atom is 0.411 e. The zero-order valence-electron chi connectivity index (χ0n) is 20.4. The molecule has 188 valence electrons. The molecule has 0 aliphatic carbocycles. The molecule has 0 unspecified atom stereocenters. The van der Waals surface area contributed by atoms with Crippen LogP contribution in [-0.4, -0.2) is 40.5 Å². The lowest BCUT2D eigenvalue weighted by Crippen LogP contribution is -2.50. The van der Waals surface area contributed by atoms with Gasteiger partial charge < -0.3 is 19.8 Å². The molecule has 2 heterocycles. The third-order valence-corrected chi connectivity index (χ3v) is 6.39. The van der Waals surface area contributed by atoms with Gasteiger partial charge in [-0.3, -0.25) is 9.69 Å². The summed E-state index contributed by atoms with van der Waals surface area (Å²) >= 11 is 0. The van der Waals surface area contributed by atoms with Gasteiger partial charge in [0, 0.05) is 28.7 Å². The van der Waals surface area contributed by atoms with Crippen molar-refractivity contribution in [3.8, 4) is 0 Å². The Morgan fingerprint density at radius 2 is 1.76 bits per heavy atom. The smallest absolute Gasteiger partial charge is 0.411 e. The number of para-hydroxylation sites is 1. The van der Waals surface area contributed by atoms with Crippen LogP contribution >= 0.6 is 0 Å². The van der Waals surface area contributed by atoms with Crippen LogP contribution in [0.2, 0.25) is 0 Å². The van der Waals surface area contributed by atoms with E-state index in [4.69, 9.17) is 9.47 Å². The fraction of sp³-hybridized carbons (Fsp3) is 0.207. The lowest BCUT2D eigenvalue weighted by molar-refractivity contribution is -0.121. The molecule has 0 saturated carbocycles. The van der Waals surface area contributed by atoms with Gasteiger partial charge in [0.2, 0.25) is 5.91 Å². The fourth-order valence-corrected chi connectivity index (χ4v) is 4.60. The molecule has 2 amide bonds. The normalized spacial score (nSPS) is 14.6. The molecule has 37 heavy (non-hydrogen) atoms. The molecular formula is C29H27N3O5. The molecule has 1 aromatic heterocycles. The molecule has 1 aliphatic heterocycles. The Bertz CT molecular complexity index is 1450. The van der Waals surface area contributed by atoms with Crippen molar-refractivity contribution in [1.82, 2.24) is 9.88 Å². The van der Waals surface area contributed by atoms with Gasteiger partial charge in [0.05, 0.1) is 18.7 Å². The Balaban J connectivity index is 1.40. The van der Waals surface area contributed by atoms with Crippen LogP contribution in [0.25, 0.3) is 10.9 Å². The van der Waals surface area contributed by atoms with Crippen LogP contribution in [0.4, 0.5) is 10.5 Å². The van der Waals surface area contributed by atoms with E-state index in [1.165, 1.54) is 4.90 Å². The number of rotatable bonds is 6. The number of aromatic amines is 1. The van der Waals surface area contributed by atoms with Crippen LogP contribution in [0.5, 0.6) is 0 Å². The molecule has 4 aromatic rings. The lowest BCUT2D eigenvalue weighted by Gasteiger charge is -2.34. The van der Waals surface area contributed by atoms with E-state index in [0.29, 0.717) is 17.7 Å². The molecule has 3 aromatic carbocycles. The summed E-state index contributed by atoms with van der Waals surface area (Å²) in [5.41, 5.74) is 4.47. The highest BCUT2D eigenvalue weighted by Gasteiger charge is 2.37. The number of esters is 1. The Morgan fingerprint density at radius 1 is 0.973 bits per heavy atom. The zero-order chi connectivity index (χ0) is 25.8. The van der Waals surface area contributed by atoms with E-state index in [1.54, 1.807) is 31.2 Å². The van der Waals surface area contributed by atoms with Gasteiger partial charge in [-0.1, -0.05) is 54.6 Å². The predicted octanol–water partition coefficient (Wildman–Crippen LogP) is 5.05. The summed E-state index contributed by atoms with van der Waals surface area (Å²) in [6.07, 6.45) is -0.253. The van der Waals surface area contributed by atoms with Crippen molar-refractivity contribution in [2.45, 2.75) is 32.5 Å². The Kier molecular flexibility index (Phi) is 6.89. The number of nitrogens with one attached hydrogen (secondary N) is 2. The van der Waals surface area contributed by atoms with Gasteiger partial charge in [-0.25, -0.2) is 9.59 Å². The summed E-state index contributed by atoms with van der Waals surface area (Å²) in [6.45, 7) is 2.30. The summed E-state index contributed by atoms with van der Waals surface area (Å²) in [6, 6.07) is 23.0. The number of H-pyrrole nitrogens is 1. The minimum absolute atomic E-state index is 0.103. The zero-order valence-corrected chi connectivity index (χ0v) is 20.4. The predicted molar refractivity (Wildman–Crippen MR) is 139 cm³/mol. The summed E-state index contributed by atoms with van der Waals surface area (Å²) in [4.78, 5) is 43.7. The first-order chi connectivity index (χ1) is 18.0. The summed E-state index contributed by atoms with van der Waals surface area (Å²) < 4.78 is 10.7. The van der Waals surface area contributed by atoms with E-state index in [0.717, 1.165) is 27.7 Å². The molecule has 0 spiro atoms. The van der Waals surface area contributed by atoms with Crippen molar-refractivity contribution in [2.24, 2.45) is 0 Å². The molecule has 2 N–H and O–H groups in total. The molecule has 1 atom stereocenters. The number of fused-ring (bicyclic) bond motifs is 3. The van der Waals surface area contributed by atoms with Crippen molar-refractivity contribution in [3.05, 3.63) is 101 Å². The number of anilines is 1. The molecule has 0 radical (unpaired) electrons. The number of nitrogens with zero attached hydrogens (tertiary/aromatic N) is 1. The van der Waals surface area contributed by atoms with E-state index in [1.807, 2.05) is 54.6 Å². The van der Waals surface area contributed by atoms with Crippen LogP contribution in [0.1, 0.15) is 34.1 Å². The quantitative estimate of drug-likeness (QED) is 0.363. The van der Waals surface area contributed by atoms with E-state index in [-0.39, 0.29) is 25.7 Å². The number of aromatic nitrogens is 1. The molecular weight excluding hydrogens is 470 g/mol. The van der Waals surface area contributed by atoms with Gasteiger partial charge >= 0.3 is 12.1 Å². The molecule has 0 saturated heterocycles. The second-order valence-electron chi connectivity index (χ2n) is 8.81. The van der Waals surface area contributed by atoms with Crippen molar-refractivity contribution in [1.29, 1.82) is 0 Å². The number of hydrogen-bond donors (Lipinski definition) is 2. The number of hydrogen-bond acceptors (Lipinski definition) is 5. The molecule has 8 heteroatoms. The Hall–Kier alpha value is -4.59. The maximum atomic E-state index is 13.5. The van der Waals surface area contributed by atoms with Crippen LogP contribution in [-0.2, 0) is 33.8 Å². The third kappa shape index (κ3) is 5.18. The summed E-state index contributed by atoms with van der Waals surface area (Å²) in [7, 11) is 0. The van der Waals surface area contributed by atoms with E-state index in [2.05, 4.69) is 10.3 Å². The summed E-state index contributed by atoms with van der Waals surface area (Å²) in [5, 5.41) is 3.90. The lowest BCUT2D eigenvalue weighted by atomic mass is 9.96. The highest BCUT2D eigenvalue weighted by atomic mass is 16.6. The van der Waals surface area contributed by atoms with Gasteiger partial charge in [-0.2, -0.15) is 0 Å². The average molecular weight is 498 g/mol. The van der Waals surface area contributed by atoms with Crippen LogP contribution in [0, 0.1) is 0 Å². The van der Waals surface area contributed by atoms with Crippen LogP contribution < -0.4 is 5.32 Å². The van der Waals surface area contributed by atoms with Crippen molar-refractivity contribution in [3.63, 3.8) is 0 Å². The average Bonchev–Trinajstić information content (AvgIpc) is 3.29. The second-order valence-corrected chi connectivity index (χ2v) is 8.81. The standard InChI is InChI=1S/C29H27N3O5/c1-2-36-28(34)20-11-8-12-21(15-20)30-27(33)26-16-23-22-13-6-7-14-24(22)31-25(23)17-32(26)29(35)37-18-19-9-4-3-5-10-19/h3-15,26,31H,2,16-18H2,1H3,(H,30,33)/t26-/m1/s1. The fourth-order valence-electron chi connectivity index (χ4n) is 4.60. The molecule has 0 fully saturated rings. The number of carbonyl (C=O) groups excluding carboxylic acids is 3. The second kappa shape index (κ2) is 10.6. The van der Waals surface area contributed by atoms with E-state index >= 15 is 0 Å². The first kappa shape index (κ1) is 24.1. The third-order valence-electron chi connectivity index (χ3n) is 6.39. The minimum atomic E-state index is -0.804. The molecule has 1 aliphatic rings. The number of ether oxygens (including phenoxy) is 2. The topological polar surface area (TPSA) is 101 Å². The van der Waals surface area contributed by atoms with Crippen LogP contribution in [0.3, 0.4) is 0 Å². The van der Waals surface area contributed by atoms with Crippen molar-refractivity contribution in [2.75, 3.05) is 11.9 Å². The first-order valence-corrected chi connectivity index (χ1v) is 12.2. The van der Waals surface area contributed by atoms with Crippen molar-refractivity contribution >= 4 is 34.6 Å². The SMILES string of the molecule is CCOC(=O)c1cccc(NC(=O)[C@H]2Cc3c([nH]c4ccccc34)CN2C(=O)OCc2ccccc2)c1. The molecule has 0 bridgehead atoms. The maximum absolute atomic E-state index is 13.5. The van der Waals surface area contributed by atoms with Gasteiger partial charge in [0.15, 0.2) is 0 Å². The largest absolute Gasteiger partial charge is 0.462 e. The van der Waals surface area contributed by atoms with Gasteiger partial charge in [0.1, 0.15) is 12.6 Å². The monoisotopic (exact) mass is 497 g/mol. The number of amides is 2. The van der Waals surface area contributed by atoms with Gasteiger partial charge in [-0.05, 0) is 42.3 Å². The number of carbonyl (C=O) groups is 3. The Morgan fingerprint density at radius 3 is 2.57 bits per heavy atom. The Labute approximate surface area is 214 Å². The highest BCUT2D eigenvalue weighted by Crippen LogP contribution is 2.31. The molecule has 5 rings (SSSR count). The highest BCUT2D eigenvalue weighted by molar-refractivity contribution is 5.99. The first-order valence-electron chi connectivity index (χ1n) is 12.2. The minimum Gasteiger partial charge on any atom is -0.462 e. The van der Waals surface area contributed by atoms with Gasteiger partial charge in [-0.15, -0.1) is 0 Å². The number of benzene rings is 3. The van der Waals surface area contributed by atoms with Crippen LogP contribution in [0.15, 0.2) is 78.9 Å². The van der Waals surface area contributed by atoms with Gasteiger partial charge in [0.25, 0.3) is 0 Å². The van der Waals surface area contributed by atoms with E-state index < -0.39 is 18.1 Å². The van der Waals surface area contributed by atoms with Crippen molar-refractivity contribution < 1.29 is 23.9 Å².